The highest BCUT2D eigenvalue weighted by Crippen LogP contribution is 2.25. The fourth-order valence-corrected chi connectivity index (χ4v) is 4.97. The van der Waals surface area contributed by atoms with Crippen LogP contribution in [0.25, 0.3) is 11.0 Å². The van der Waals surface area contributed by atoms with Gasteiger partial charge >= 0.3 is 0 Å². The molecule has 3 aromatic rings. The van der Waals surface area contributed by atoms with Gasteiger partial charge in [0.25, 0.3) is 0 Å². The van der Waals surface area contributed by atoms with E-state index in [0.29, 0.717) is 11.7 Å². The third-order valence-electron chi connectivity index (χ3n) is 5.73. The van der Waals surface area contributed by atoms with Crippen molar-refractivity contribution in [3.63, 3.8) is 0 Å². The molecule has 1 fully saturated rings. The Morgan fingerprint density at radius 1 is 1.03 bits per heavy atom. The van der Waals surface area contributed by atoms with E-state index in [1.807, 2.05) is 24.3 Å². The fourth-order valence-electron chi connectivity index (χ4n) is 4.10. The highest BCUT2D eigenvalue weighted by Gasteiger charge is 2.16. The smallest absolute Gasteiger partial charge is 0.230 e. The van der Waals surface area contributed by atoms with Crippen molar-refractivity contribution in [2.45, 2.75) is 50.2 Å². The number of amides is 1. The van der Waals surface area contributed by atoms with Crippen LogP contribution < -0.4 is 5.32 Å². The van der Waals surface area contributed by atoms with Crippen molar-refractivity contribution in [2.75, 3.05) is 12.3 Å². The Kier molecular flexibility index (Phi) is 6.88. The molecule has 0 atom stereocenters. The van der Waals surface area contributed by atoms with Gasteiger partial charge in [0.1, 0.15) is 0 Å². The average Bonchev–Trinajstić information content (AvgIpc) is 3.14. The Morgan fingerprint density at radius 2 is 1.79 bits per heavy atom. The molecule has 4 rings (SSSR count). The lowest BCUT2D eigenvalue weighted by Crippen LogP contribution is -2.31. The van der Waals surface area contributed by atoms with Gasteiger partial charge < -0.3 is 9.88 Å². The topological polar surface area (TPSA) is 46.9 Å². The molecule has 0 saturated heterocycles. The number of imidazole rings is 1. The van der Waals surface area contributed by atoms with Crippen LogP contribution in [-0.2, 0) is 17.8 Å². The SMILES string of the molecule is O=C(CSc1nc2ccccc2n1CCc1ccccc1)NCC1CCCCC1. The molecule has 152 valence electrons. The summed E-state index contributed by atoms with van der Waals surface area (Å²) in [6.07, 6.45) is 7.41. The summed E-state index contributed by atoms with van der Waals surface area (Å²) in [4.78, 5) is 17.2. The van der Waals surface area contributed by atoms with Gasteiger partial charge in [0, 0.05) is 13.1 Å². The van der Waals surface area contributed by atoms with Crippen LogP contribution in [0.1, 0.15) is 37.7 Å². The van der Waals surface area contributed by atoms with Crippen molar-refractivity contribution in [3.05, 3.63) is 60.2 Å². The quantitative estimate of drug-likeness (QED) is 0.531. The molecule has 1 aromatic heterocycles. The average molecular weight is 408 g/mol. The minimum atomic E-state index is 0.113. The molecule has 0 aliphatic heterocycles. The lowest BCUT2D eigenvalue weighted by Gasteiger charge is -2.21. The molecular formula is C24H29N3OS. The van der Waals surface area contributed by atoms with E-state index in [4.69, 9.17) is 4.98 Å². The van der Waals surface area contributed by atoms with Gasteiger partial charge in [-0.3, -0.25) is 4.79 Å². The van der Waals surface area contributed by atoms with Gasteiger partial charge in [0.2, 0.25) is 5.91 Å². The maximum atomic E-state index is 12.4. The van der Waals surface area contributed by atoms with Crippen LogP contribution in [0.5, 0.6) is 0 Å². The number of hydrogen-bond acceptors (Lipinski definition) is 3. The molecule has 1 amide bonds. The van der Waals surface area contributed by atoms with Gasteiger partial charge in [0.15, 0.2) is 5.16 Å². The molecule has 1 N–H and O–H groups in total. The van der Waals surface area contributed by atoms with E-state index in [2.05, 4.69) is 40.2 Å². The molecule has 2 aromatic carbocycles. The van der Waals surface area contributed by atoms with Gasteiger partial charge in [-0.1, -0.05) is 73.5 Å². The number of nitrogens with one attached hydrogen (secondary N) is 1. The summed E-state index contributed by atoms with van der Waals surface area (Å²) in [6, 6.07) is 18.7. The molecule has 0 unspecified atom stereocenters. The molecule has 0 bridgehead atoms. The molecule has 29 heavy (non-hydrogen) atoms. The molecular weight excluding hydrogens is 378 g/mol. The molecule has 1 saturated carbocycles. The molecule has 1 aliphatic rings. The Balaban J connectivity index is 1.38. The number of para-hydroxylation sites is 2. The first kappa shape index (κ1) is 20.0. The van der Waals surface area contributed by atoms with Crippen LogP contribution in [0.2, 0.25) is 0 Å². The Hall–Kier alpha value is -2.27. The second-order valence-corrected chi connectivity index (χ2v) is 8.81. The van der Waals surface area contributed by atoms with Crippen molar-refractivity contribution in [3.8, 4) is 0 Å². The zero-order valence-electron chi connectivity index (χ0n) is 16.8. The van der Waals surface area contributed by atoms with E-state index >= 15 is 0 Å². The monoisotopic (exact) mass is 407 g/mol. The zero-order valence-corrected chi connectivity index (χ0v) is 17.7. The second kappa shape index (κ2) is 9.97. The second-order valence-electron chi connectivity index (χ2n) is 7.87. The number of benzene rings is 2. The third kappa shape index (κ3) is 5.41. The summed E-state index contributed by atoms with van der Waals surface area (Å²) < 4.78 is 2.25. The van der Waals surface area contributed by atoms with Gasteiger partial charge in [0.05, 0.1) is 16.8 Å². The Morgan fingerprint density at radius 3 is 2.62 bits per heavy atom. The molecule has 0 spiro atoms. The van der Waals surface area contributed by atoms with E-state index in [0.717, 1.165) is 35.7 Å². The van der Waals surface area contributed by atoms with Crippen molar-refractivity contribution < 1.29 is 4.79 Å². The lowest BCUT2D eigenvalue weighted by molar-refractivity contribution is -0.118. The van der Waals surface area contributed by atoms with E-state index in [1.54, 1.807) is 11.8 Å². The third-order valence-corrected chi connectivity index (χ3v) is 6.71. The number of thioether (sulfide) groups is 1. The fraction of sp³-hybridized carbons (Fsp3) is 0.417. The minimum absolute atomic E-state index is 0.113. The number of carbonyl (C=O) groups excluding carboxylic acids is 1. The van der Waals surface area contributed by atoms with Crippen LogP contribution in [0.4, 0.5) is 0 Å². The Bertz CT molecular complexity index is 932. The molecule has 4 nitrogen and oxygen atoms in total. The van der Waals surface area contributed by atoms with Gasteiger partial charge in [-0.15, -0.1) is 0 Å². The summed E-state index contributed by atoms with van der Waals surface area (Å²) in [5.74, 6) is 1.19. The van der Waals surface area contributed by atoms with Crippen molar-refractivity contribution >= 4 is 28.7 Å². The summed E-state index contributed by atoms with van der Waals surface area (Å²) in [6.45, 7) is 1.68. The van der Waals surface area contributed by atoms with Crippen LogP contribution in [0.3, 0.4) is 0 Å². The predicted octanol–water partition coefficient (Wildman–Crippen LogP) is 5.07. The predicted molar refractivity (Wildman–Crippen MR) is 120 cm³/mol. The highest BCUT2D eigenvalue weighted by atomic mass is 32.2. The molecule has 1 aliphatic carbocycles. The van der Waals surface area contributed by atoms with Crippen molar-refractivity contribution in [1.82, 2.24) is 14.9 Å². The zero-order chi connectivity index (χ0) is 19.9. The molecule has 0 radical (unpaired) electrons. The van der Waals surface area contributed by atoms with E-state index in [-0.39, 0.29) is 5.91 Å². The first-order chi connectivity index (χ1) is 14.3. The van der Waals surface area contributed by atoms with Crippen LogP contribution >= 0.6 is 11.8 Å². The summed E-state index contributed by atoms with van der Waals surface area (Å²) in [7, 11) is 0. The number of aryl methyl sites for hydroxylation is 2. The summed E-state index contributed by atoms with van der Waals surface area (Å²) >= 11 is 1.54. The maximum Gasteiger partial charge on any atom is 0.230 e. The number of carbonyl (C=O) groups is 1. The normalized spacial score (nSPS) is 14.9. The number of hydrogen-bond donors (Lipinski definition) is 1. The maximum absolute atomic E-state index is 12.4. The van der Waals surface area contributed by atoms with E-state index < -0.39 is 0 Å². The Labute approximate surface area is 177 Å². The summed E-state index contributed by atoms with van der Waals surface area (Å²) in [5.41, 5.74) is 3.44. The first-order valence-electron chi connectivity index (χ1n) is 10.7. The number of rotatable bonds is 8. The van der Waals surface area contributed by atoms with Crippen LogP contribution in [-0.4, -0.2) is 27.8 Å². The van der Waals surface area contributed by atoms with E-state index in [9.17, 15) is 4.79 Å². The van der Waals surface area contributed by atoms with Crippen LogP contribution in [0, 0.1) is 5.92 Å². The molecule has 5 heteroatoms. The van der Waals surface area contributed by atoms with E-state index in [1.165, 1.54) is 37.7 Å². The first-order valence-corrected chi connectivity index (χ1v) is 11.7. The van der Waals surface area contributed by atoms with Crippen molar-refractivity contribution in [1.29, 1.82) is 0 Å². The minimum Gasteiger partial charge on any atom is -0.355 e. The largest absolute Gasteiger partial charge is 0.355 e. The van der Waals surface area contributed by atoms with Gasteiger partial charge in [-0.25, -0.2) is 4.98 Å². The number of nitrogens with zero attached hydrogens (tertiary/aromatic N) is 2. The molecule has 1 heterocycles. The number of aromatic nitrogens is 2. The van der Waals surface area contributed by atoms with Gasteiger partial charge in [-0.2, -0.15) is 0 Å². The number of fused-ring (bicyclic) bond motifs is 1. The van der Waals surface area contributed by atoms with Crippen molar-refractivity contribution in [2.24, 2.45) is 5.92 Å². The van der Waals surface area contributed by atoms with Crippen LogP contribution in [0.15, 0.2) is 59.8 Å². The summed E-state index contributed by atoms with van der Waals surface area (Å²) in [5, 5.41) is 4.06. The standard InChI is InChI=1S/C24H29N3OS/c28-23(25-17-20-11-5-2-6-12-20)18-29-24-26-21-13-7-8-14-22(21)27(24)16-15-19-9-3-1-4-10-19/h1,3-4,7-10,13-14,20H,2,5-6,11-12,15-18H2,(H,25,28). The highest BCUT2D eigenvalue weighted by molar-refractivity contribution is 7.99. The lowest BCUT2D eigenvalue weighted by atomic mass is 9.89. The van der Waals surface area contributed by atoms with Gasteiger partial charge in [-0.05, 0) is 42.9 Å².